The lowest BCUT2D eigenvalue weighted by Crippen LogP contribution is -2.48. The van der Waals surface area contributed by atoms with Crippen LogP contribution in [-0.2, 0) is 50.3 Å². The minimum absolute atomic E-state index is 0.00484. The van der Waals surface area contributed by atoms with Gasteiger partial charge in [0.1, 0.15) is 18.5 Å². The molecule has 0 radical (unpaired) electrons. The van der Waals surface area contributed by atoms with Gasteiger partial charge in [-0.15, -0.1) is 5.10 Å². The van der Waals surface area contributed by atoms with E-state index in [-0.39, 0.29) is 53.4 Å². The standard InChI is InChI=1S/C31H35F3N4O7S/c1-20(39)35-17-23-18-38(25-15-22(12-13-26(25)44-23)16-27(40)45-30(2,3)31(32,33)34)46(41,42)28-24-11-7-8-14-37(24)36-29(28)43-19-21-9-5-4-6-10-21/h4-6,9-10,12-13,15,23H,7-8,11,14,16-19H2,1-3H3,(H,35,39)/t23-/m0/s1. The van der Waals surface area contributed by atoms with Gasteiger partial charge < -0.3 is 19.5 Å². The summed E-state index contributed by atoms with van der Waals surface area (Å²) in [5.41, 5.74) is -1.12. The van der Waals surface area contributed by atoms with Gasteiger partial charge in [0.05, 0.1) is 30.9 Å². The Hall–Kier alpha value is -4.27. The molecule has 15 heteroatoms. The van der Waals surface area contributed by atoms with Gasteiger partial charge in [-0.05, 0) is 56.4 Å². The number of alkyl halides is 3. The summed E-state index contributed by atoms with van der Waals surface area (Å²) in [5.74, 6) is -1.38. The predicted molar refractivity (Wildman–Crippen MR) is 160 cm³/mol. The van der Waals surface area contributed by atoms with Crippen molar-refractivity contribution < 1.29 is 45.4 Å². The Morgan fingerprint density at radius 2 is 1.83 bits per heavy atom. The maximum absolute atomic E-state index is 14.7. The molecule has 0 unspecified atom stereocenters. The molecule has 0 saturated heterocycles. The predicted octanol–water partition coefficient (Wildman–Crippen LogP) is 4.32. The van der Waals surface area contributed by atoms with Crippen LogP contribution in [0.2, 0.25) is 0 Å². The lowest BCUT2D eigenvalue weighted by molar-refractivity contribution is -0.257. The number of rotatable bonds is 10. The Labute approximate surface area is 264 Å². The van der Waals surface area contributed by atoms with Crippen LogP contribution in [0.3, 0.4) is 0 Å². The highest BCUT2D eigenvalue weighted by atomic mass is 32.2. The first kappa shape index (κ1) is 33.1. The lowest BCUT2D eigenvalue weighted by Gasteiger charge is -2.36. The first-order chi connectivity index (χ1) is 21.7. The number of carbonyl (C=O) groups is 2. The fraction of sp³-hybridized carbons (Fsp3) is 0.452. The Morgan fingerprint density at radius 1 is 1.09 bits per heavy atom. The van der Waals surface area contributed by atoms with Gasteiger partial charge in [-0.2, -0.15) is 13.2 Å². The van der Waals surface area contributed by atoms with Gasteiger partial charge in [0.25, 0.3) is 15.9 Å². The third kappa shape index (κ3) is 7.08. The van der Waals surface area contributed by atoms with Crippen molar-refractivity contribution in [3.8, 4) is 11.6 Å². The zero-order valence-corrected chi connectivity index (χ0v) is 26.4. The first-order valence-electron chi connectivity index (χ1n) is 14.8. The van der Waals surface area contributed by atoms with Crippen LogP contribution in [0.1, 0.15) is 50.4 Å². The summed E-state index contributed by atoms with van der Waals surface area (Å²) in [4.78, 5) is 24.1. The lowest BCUT2D eigenvalue weighted by atomic mass is 10.1. The van der Waals surface area contributed by atoms with Gasteiger partial charge in [0.15, 0.2) is 4.90 Å². The van der Waals surface area contributed by atoms with E-state index in [0.717, 1.165) is 36.6 Å². The van der Waals surface area contributed by atoms with E-state index in [1.807, 2.05) is 30.3 Å². The average molecular weight is 665 g/mol. The maximum Gasteiger partial charge on any atom is 0.427 e. The van der Waals surface area contributed by atoms with Crippen molar-refractivity contribution >= 4 is 27.6 Å². The summed E-state index contributed by atoms with van der Waals surface area (Å²) < 4.78 is 88.8. The van der Waals surface area contributed by atoms with Crippen molar-refractivity contribution in [2.45, 2.75) is 82.4 Å². The minimum atomic E-state index is -4.79. The monoisotopic (exact) mass is 664 g/mol. The van der Waals surface area contributed by atoms with Crippen LogP contribution in [0.25, 0.3) is 0 Å². The number of amides is 1. The van der Waals surface area contributed by atoms with E-state index in [1.165, 1.54) is 25.1 Å². The summed E-state index contributed by atoms with van der Waals surface area (Å²) in [7, 11) is -4.41. The number of nitrogens with one attached hydrogen (secondary N) is 1. The van der Waals surface area contributed by atoms with Crippen molar-refractivity contribution in [1.82, 2.24) is 15.1 Å². The molecule has 0 saturated carbocycles. The molecule has 1 aromatic heterocycles. The molecule has 46 heavy (non-hydrogen) atoms. The molecule has 2 aromatic carbocycles. The topological polar surface area (TPSA) is 129 Å². The highest BCUT2D eigenvalue weighted by molar-refractivity contribution is 7.93. The van der Waals surface area contributed by atoms with Crippen LogP contribution >= 0.6 is 0 Å². The highest BCUT2D eigenvalue weighted by Gasteiger charge is 2.51. The van der Waals surface area contributed by atoms with Gasteiger partial charge in [0, 0.05) is 13.5 Å². The third-order valence-electron chi connectivity index (χ3n) is 7.71. The van der Waals surface area contributed by atoms with E-state index in [4.69, 9.17) is 14.2 Å². The van der Waals surface area contributed by atoms with Crippen LogP contribution in [0.15, 0.2) is 53.4 Å². The van der Waals surface area contributed by atoms with Gasteiger partial charge in [0.2, 0.25) is 11.5 Å². The van der Waals surface area contributed by atoms with E-state index in [9.17, 15) is 31.2 Å². The molecule has 0 spiro atoms. The van der Waals surface area contributed by atoms with E-state index < -0.39 is 40.3 Å². The molecule has 1 atom stereocenters. The summed E-state index contributed by atoms with van der Waals surface area (Å²) in [5, 5.41) is 7.16. The Morgan fingerprint density at radius 3 is 2.52 bits per heavy atom. The largest absolute Gasteiger partial charge is 0.484 e. The number of aryl methyl sites for hydroxylation is 1. The van der Waals surface area contributed by atoms with Gasteiger partial charge in [-0.1, -0.05) is 36.4 Å². The van der Waals surface area contributed by atoms with Crippen molar-refractivity contribution in [2.24, 2.45) is 0 Å². The number of halogens is 3. The number of sulfonamides is 1. The van der Waals surface area contributed by atoms with Gasteiger partial charge in [-0.25, -0.2) is 8.42 Å². The molecule has 248 valence electrons. The molecule has 3 aromatic rings. The zero-order valence-electron chi connectivity index (χ0n) is 25.6. The molecule has 1 amide bonds. The van der Waals surface area contributed by atoms with E-state index in [0.29, 0.717) is 18.7 Å². The Balaban J connectivity index is 1.52. The minimum Gasteiger partial charge on any atom is -0.484 e. The normalized spacial score (nSPS) is 16.6. The van der Waals surface area contributed by atoms with E-state index >= 15 is 0 Å². The van der Waals surface area contributed by atoms with E-state index in [1.54, 1.807) is 4.68 Å². The van der Waals surface area contributed by atoms with Gasteiger partial charge in [-0.3, -0.25) is 18.6 Å². The second kappa shape index (κ2) is 12.9. The number of esters is 1. The molecule has 0 fully saturated rings. The molecule has 1 N–H and O–H groups in total. The maximum atomic E-state index is 14.7. The third-order valence-corrected chi connectivity index (χ3v) is 9.57. The SMILES string of the molecule is CC(=O)NC[C@H]1CN(S(=O)(=O)c2c(OCc3ccccc3)nn3c2CCCC3)c2cc(CC(=O)OC(C)(C)C(F)(F)F)ccc2O1. The number of fused-ring (bicyclic) bond motifs is 2. The molecule has 0 bridgehead atoms. The zero-order chi connectivity index (χ0) is 33.3. The van der Waals surface area contributed by atoms with Crippen molar-refractivity contribution in [2.75, 3.05) is 17.4 Å². The molecule has 5 rings (SSSR count). The second-order valence-electron chi connectivity index (χ2n) is 11.7. The smallest absolute Gasteiger partial charge is 0.427 e. The van der Waals surface area contributed by atoms with Crippen LogP contribution in [0.5, 0.6) is 11.6 Å². The number of benzene rings is 2. The summed E-state index contributed by atoms with van der Waals surface area (Å²) in [6, 6.07) is 13.5. The second-order valence-corrected chi connectivity index (χ2v) is 13.5. The van der Waals surface area contributed by atoms with Crippen LogP contribution < -0.4 is 19.1 Å². The quantitative estimate of drug-likeness (QED) is 0.318. The summed E-state index contributed by atoms with van der Waals surface area (Å²) in [6.07, 6.45) is -4.11. The highest BCUT2D eigenvalue weighted by Crippen LogP contribution is 2.42. The molecular formula is C31H35F3N4O7S. The van der Waals surface area contributed by atoms with E-state index in [2.05, 4.69) is 10.4 Å². The molecule has 3 heterocycles. The molecule has 0 aliphatic carbocycles. The average Bonchev–Trinajstić information content (AvgIpc) is 3.37. The van der Waals surface area contributed by atoms with Crippen molar-refractivity contribution in [1.29, 1.82) is 0 Å². The van der Waals surface area contributed by atoms with Crippen molar-refractivity contribution in [3.05, 3.63) is 65.4 Å². The number of hydrogen-bond acceptors (Lipinski definition) is 8. The van der Waals surface area contributed by atoms with Crippen LogP contribution in [0, 0.1) is 0 Å². The molecule has 2 aliphatic rings. The number of anilines is 1. The number of nitrogens with zero attached hydrogens (tertiary/aromatic N) is 3. The number of hydrogen-bond donors (Lipinski definition) is 1. The molecule has 2 aliphatic heterocycles. The summed E-state index contributed by atoms with van der Waals surface area (Å²) in [6.45, 7) is 3.20. The number of carbonyl (C=O) groups excluding carboxylic acids is 2. The first-order valence-corrected chi connectivity index (χ1v) is 16.2. The fourth-order valence-corrected chi connectivity index (χ4v) is 7.04. The van der Waals surface area contributed by atoms with Crippen LogP contribution in [-0.4, -0.2) is 61.0 Å². The molecular weight excluding hydrogens is 629 g/mol. The number of ether oxygens (including phenoxy) is 3. The Kier molecular flexibility index (Phi) is 9.25. The molecule has 11 nitrogen and oxygen atoms in total. The van der Waals surface area contributed by atoms with Gasteiger partial charge >= 0.3 is 12.1 Å². The summed E-state index contributed by atoms with van der Waals surface area (Å²) >= 11 is 0. The number of aromatic nitrogens is 2. The fourth-order valence-electron chi connectivity index (χ4n) is 5.23. The van der Waals surface area contributed by atoms with Crippen LogP contribution in [0.4, 0.5) is 18.9 Å². The van der Waals surface area contributed by atoms with Crippen molar-refractivity contribution in [3.63, 3.8) is 0 Å². The Bertz CT molecular complexity index is 1710.